The maximum atomic E-state index is 13.0. The van der Waals surface area contributed by atoms with E-state index >= 15 is 0 Å². The van der Waals surface area contributed by atoms with Crippen molar-refractivity contribution in [3.63, 3.8) is 0 Å². The molecule has 31 heavy (non-hydrogen) atoms. The average molecular weight is 442 g/mol. The lowest BCUT2D eigenvalue weighted by atomic mass is 10.1. The molecule has 3 aromatic carbocycles. The van der Waals surface area contributed by atoms with E-state index in [4.69, 9.17) is 9.47 Å². The van der Waals surface area contributed by atoms with Gasteiger partial charge in [0.05, 0.1) is 4.90 Å². The zero-order valence-electron chi connectivity index (χ0n) is 16.3. The van der Waals surface area contributed by atoms with Gasteiger partial charge in [-0.2, -0.15) is 0 Å². The number of sulfonamides is 1. The van der Waals surface area contributed by atoms with Gasteiger partial charge < -0.3 is 14.8 Å². The summed E-state index contributed by atoms with van der Waals surface area (Å²) in [6, 6.07) is 16.6. The zero-order chi connectivity index (χ0) is 21.8. The number of benzene rings is 3. The Morgan fingerprint density at radius 2 is 1.55 bits per heavy atom. The third-order valence-electron chi connectivity index (χ3n) is 4.70. The van der Waals surface area contributed by atoms with Crippen molar-refractivity contribution in [1.29, 1.82) is 0 Å². The number of carbonyl (C=O) groups excluding carboxylic acids is 1. The van der Waals surface area contributed by atoms with Crippen LogP contribution in [0, 0.1) is 5.82 Å². The minimum absolute atomic E-state index is 0.0200. The molecule has 160 valence electrons. The highest BCUT2D eigenvalue weighted by Gasteiger charge is 2.15. The van der Waals surface area contributed by atoms with Gasteiger partial charge in [-0.25, -0.2) is 17.5 Å². The molecule has 0 aliphatic carbocycles. The quantitative estimate of drug-likeness (QED) is 0.587. The maximum Gasteiger partial charge on any atom is 0.251 e. The lowest BCUT2D eigenvalue weighted by molar-refractivity contribution is 0.0950. The average Bonchev–Trinajstić information content (AvgIpc) is 3.25. The number of hydrogen-bond donors (Lipinski definition) is 2. The summed E-state index contributed by atoms with van der Waals surface area (Å²) in [4.78, 5) is 12.4. The second kappa shape index (κ2) is 8.75. The molecule has 7 nitrogen and oxygen atoms in total. The molecule has 0 saturated carbocycles. The molecule has 0 atom stereocenters. The molecule has 0 bridgehead atoms. The van der Waals surface area contributed by atoms with Crippen LogP contribution < -0.4 is 19.5 Å². The van der Waals surface area contributed by atoms with Crippen LogP contribution in [0.25, 0.3) is 0 Å². The van der Waals surface area contributed by atoms with Gasteiger partial charge in [0.1, 0.15) is 5.82 Å². The molecule has 1 aliphatic rings. The molecule has 1 heterocycles. The van der Waals surface area contributed by atoms with Gasteiger partial charge in [0.25, 0.3) is 5.91 Å². The van der Waals surface area contributed by atoms with Crippen molar-refractivity contribution in [2.45, 2.75) is 18.0 Å². The van der Waals surface area contributed by atoms with Crippen LogP contribution in [-0.2, 0) is 23.1 Å². The van der Waals surface area contributed by atoms with Crippen molar-refractivity contribution in [2.24, 2.45) is 0 Å². The minimum atomic E-state index is -3.76. The summed E-state index contributed by atoms with van der Waals surface area (Å²) in [5.41, 5.74) is 2.01. The molecular weight excluding hydrogens is 423 g/mol. The molecule has 9 heteroatoms. The minimum Gasteiger partial charge on any atom is -0.454 e. The fourth-order valence-corrected chi connectivity index (χ4v) is 4.00. The van der Waals surface area contributed by atoms with Crippen LogP contribution in [0.5, 0.6) is 11.5 Å². The smallest absolute Gasteiger partial charge is 0.251 e. The van der Waals surface area contributed by atoms with E-state index in [0.29, 0.717) is 29.2 Å². The van der Waals surface area contributed by atoms with E-state index in [0.717, 1.165) is 17.7 Å². The topological polar surface area (TPSA) is 93.7 Å². The number of ether oxygens (including phenoxy) is 2. The first kappa shape index (κ1) is 20.8. The summed E-state index contributed by atoms with van der Waals surface area (Å²) in [6.45, 7) is 0.561. The van der Waals surface area contributed by atoms with Crippen LogP contribution in [-0.4, -0.2) is 21.1 Å². The van der Waals surface area contributed by atoms with E-state index in [1.165, 1.54) is 12.1 Å². The summed E-state index contributed by atoms with van der Waals surface area (Å²) >= 11 is 0. The van der Waals surface area contributed by atoms with Crippen molar-refractivity contribution in [2.75, 3.05) is 6.79 Å². The summed E-state index contributed by atoms with van der Waals surface area (Å²) in [6.07, 6.45) is 0. The van der Waals surface area contributed by atoms with Gasteiger partial charge in [-0.3, -0.25) is 4.79 Å². The van der Waals surface area contributed by atoms with E-state index in [-0.39, 0.29) is 24.1 Å². The zero-order valence-corrected chi connectivity index (χ0v) is 17.1. The van der Waals surface area contributed by atoms with E-state index < -0.39 is 15.8 Å². The number of nitrogens with one attached hydrogen (secondary N) is 2. The molecule has 0 radical (unpaired) electrons. The molecular formula is C22H19FN2O5S. The number of fused-ring (bicyclic) bond motifs is 1. The number of halogens is 1. The van der Waals surface area contributed by atoms with Crippen LogP contribution in [0.3, 0.4) is 0 Å². The summed E-state index contributed by atoms with van der Waals surface area (Å²) < 4.78 is 50.6. The van der Waals surface area contributed by atoms with Gasteiger partial charge in [-0.1, -0.05) is 18.2 Å². The highest BCUT2D eigenvalue weighted by atomic mass is 32.2. The van der Waals surface area contributed by atoms with Gasteiger partial charge in [0, 0.05) is 18.7 Å². The first-order valence-corrected chi connectivity index (χ1v) is 10.9. The van der Waals surface area contributed by atoms with Gasteiger partial charge in [0.2, 0.25) is 16.8 Å². The van der Waals surface area contributed by atoms with E-state index in [1.54, 1.807) is 30.3 Å². The molecule has 0 aromatic heterocycles. The first-order chi connectivity index (χ1) is 14.9. The van der Waals surface area contributed by atoms with Crippen LogP contribution in [0.4, 0.5) is 4.39 Å². The molecule has 0 unspecified atom stereocenters. The maximum absolute atomic E-state index is 13.0. The Labute approximate surface area is 178 Å². The van der Waals surface area contributed by atoms with Crippen molar-refractivity contribution in [3.05, 3.63) is 89.2 Å². The molecule has 0 saturated heterocycles. The molecule has 0 fully saturated rings. The normalized spacial score (nSPS) is 12.5. The second-order valence-electron chi connectivity index (χ2n) is 6.85. The van der Waals surface area contributed by atoms with E-state index in [2.05, 4.69) is 10.0 Å². The van der Waals surface area contributed by atoms with E-state index in [9.17, 15) is 17.6 Å². The summed E-state index contributed by atoms with van der Waals surface area (Å²) in [5.74, 6) is 0.572. The van der Waals surface area contributed by atoms with Gasteiger partial charge >= 0.3 is 0 Å². The molecule has 0 spiro atoms. The molecule has 1 amide bonds. The summed E-state index contributed by atoms with van der Waals surface area (Å²) in [7, 11) is -3.76. The molecule has 2 N–H and O–H groups in total. The lowest BCUT2D eigenvalue weighted by Gasteiger charge is -2.09. The Morgan fingerprint density at radius 3 is 2.29 bits per heavy atom. The van der Waals surface area contributed by atoms with Crippen molar-refractivity contribution >= 4 is 15.9 Å². The predicted octanol–water partition coefficient (Wildman–Crippen LogP) is 2.96. The van der Waals surface area contributed by atoms with Crippen molar-refractivity contribution in [1.82, 2.24) is 10.0 Å². The van der Waals surface area contributed by atoms with E-state index in [1.807, 2.05) is 12.1 Å². The third-order valence-corrected chi connectivity index (χ3v) is 6.11. The fraction of sp³-hybridized carbons (Fsp3) is 0.136. The SMILES string of the molecule is O=C(NCc1ccc2c(c1)OCO2)c1ccc(CNS(=O)(=O)c2ccc(F)cc2)cc1. The number of carbonyl (C=O) groups is 1. The second-order valence-corrected chi connectivity index (χ2v) is 8.61. The van der Waals surface area contributed by atoms with Crippen LogP contribution in [0.1, 0.15) is 21.5 Å². The standard InChI is InChI=1S/C22H19FN2O5S/c23-18-6-8-19(9-7-18)31(27,28)25-13-15-1-4-17(5-2-15)22(26)24-12-16-3-10-20-21(11-16)30-14-29-20/h1-11,25H,12-14H2,(H,24,26). The first-order valence-electron chi connectivity index (χ1n) is 9.42. The summed E-state index contributed by atoms with van der Waals surface area (Å²) in [5, 5.41) is 2.83. The Balaban J connectivity index is 1.32. The lowest BCUT2D eigenvalue weighted by Crippen LogP contribution is -2.24. The molecule has 1 aliphatic heterocycles. The number of rotatable bonds is 7. The predicted molar refractivity (Wildman–Crippen MR) is 111 cm³/mol. The Morgan fingerprint density at radius 1 is 0.871 bits per heavy atom. The van der Waals surface area contributed by atoms with Crippen LogP contribution in [0.2, 0.25) is 0 Å². The van der Waals surface area contributed by atoms with Crippen molar-refractivity contribution in [3.8, 4) is 11.5 Å². The Bertz CT molecular complexity index is 1200. The third kappa shape index (κ3) is 5.01. The number of hydrogen-bond acceptors (Lipinski definition) is 5. The largest absolute Gasteiger partial charge is 0.454 e. The van der Waals surface area contributed by atoms with Crippen LogP contribution >= 0.6 is 0 Å². The molecule has 3 aromatic rings. The van der Waals surface area contributed by atoms with Crippen molar-refractivity contribution < 1.29 is 27.1 Å². The number of amides is 1. The van der Waals surface area contributed by atoms with Crippen LogP contribution in [0.15, 0.2) is 71.6 Å². The van der Waals surface area contributed by atoms with Gasteiger partial charge in [-0.05, 0) is 59.7 Å². The Hall–Kier alpha value is -3.43. The highest BCUT2D eigenvalue weighted by Crippen LogP contribution is 2.32. The molecule has 4 rings (SSSR count). The Kier molecular flexibility index (Phi) is 5.88. The highest BCUT2D eigenvalue weighted by molar-refractivity contribution is 7.89. The van der Waals surface area contributed by atoms with Gasteiger partial charge in [-0.15, -0.1) is 0 Å². The van der Waals surface area contributed by atoms with Gasteiger partial charge in [0.15, 0.2) is 11.5 Å². The monoisotopic (exact) mass is 442 g/mol. The fourth-order valence-electron chi connectivity index (χ4n) is 2.98.